The third-order valence-electron chi connectivity index (χ3n) is 1.58. The zero-order chi connectivity index (χ0) is 9.52. The molecule has 0 aliphatic heterocycles. The average Bonchev–Trinajstić information content (AvgIpc) is 2.60. The van der Waals surface area contributed by atoms with E-state index in [-0.39, 0.29) is 0 Å². The van der Waals surface area contributed by atoms with Gasteiger partial charge in [-0.3, -0.25) is 0 Å². The summed E-state index contributed by atoms with van der Waals surface area (Å²) in [4.78, 5) is 1.36. The van der Waals surface area contributed by atoms with Crippen molar-refractivity contribution in [2.45, 2.75) is 26.7 Å². The second kappa shape index (κ2) is 6.22. The van der Waals surface area contributed by atoms with Gasteiger partial charge in [-0.15, -0.1) is 11.8 Å². The van der Waals surface area contributed by atoms with Crippen LogP contribution in [0.1, 0.15) is 30.8 Å². The van der Waals surface area contributed by atoms with Crippen molar-refractivity contribution < 1.29 is 0 Å². The molecule has 0 aliphatic rings. The Morgan fingerprint density at radius 2 is 2.38 bits per heavy atom. The molecule has 0 fully saturated rings. The van der Waals surface area contributed by atoms with Gasteiger partial charge in [0.15, 0.2) is 0 Å². The van der Waals surface area contributed by atoms with Crippen molar-refractivity contribution >= 4 is 29.4 Å². The van der Waals surface area contributed by atoms with Crippen molar-refractivity contribution in [3.8, 4) is 0 Å². The molecule has 0 amide bonds. The Bertz CT molecular complexity index is 266. The topological polar surface area (TPSA) is 12.9 Å². The molecular formula is C10H15NS2. The van der Waals surface area contributed by atoms with E-state index in [0.717, 1.165) is 12.1 Å². The molecule has 0 aromatic carbocycles. The third kappa shape index (κ3) is 3.96. The van der Waals surface area contributed by atoms with Gasteiger partial charge >= 0.3 is 0 Å². The van der Waals surface area contributed by atoms with Gasteiger partial charge in [0.1, 0.15) is 0 Å². The number of rotatable bonds is 5. The van der Waals surface area contributed by atoms with Gasteiger partial charge in [-0.25, -0.2) is 0 Å². The lowest BCUT2D eigenvalue weighted by molar-refractivity contribution is 1.11. The number of thioether (sulfide) groups is 1. The maximum atomic E-state index is 4.33. The Morgan fingerprint density at radius 1 is 1.54 bits per heavy atom. The highest BCUT2D eigenvalue weighted by atomic mass is 32.2. The summed E-state index contributed by atoms with van der Waals surface area (Å²) in [6.45, 7) is 4.35. The van der Waals surface area contributed by atoms with E-state index in [1.54, 1.807) is 11.5 Å². The first-order valence-electron chi connectivity index (χ1n) is 4.60. The zero-order valence-electron chi connectivity index (χ0n) is 8.12. The van der Waals surface area contributed by atoms with Crippen LogP contribution >= 0.6 is 23.3 Å². The molecule has 0 atom stereocenters. The number of aromatic nitrogens is 1. The minimum Gasteiger partial charge on any atom is -0.193 e. The largest absolute Gasteiger partial charge is 0.193 e. The van der Waals surface area contributed by atoms with Crippen LogP contribution in [0.5, 0.6) is 0 Å². The molecule has 1 aromatic rings. The molecule has 1 aromatic heterocycles. The van der Waals surface area contributed by atoms with Crippen LogP contribution in [0, 0.1) is 0 Å². The highest BCUT2D eigenvalue weighted by molar-refractivity contribution is 8.02. The predicted molar refractivity (Wildman–Crippen MR) is 63.3 cm³/mol. The Kier molecular flexibility index (Phi) is 5.16. The summed E-state index contributed by atoms with van der Waals surface area (Å²) in [5.74, 6) is 1.20. The first kappa shape index (κ1) is 10.8. The van der Waals surface area contributed by atoms with Gasteiger partial charge in [0, 0.05) is 4.88 Å². The van der Waals surface area contributed by atoms with Crippen LogP contribution in [0.3, 0.4) is 0 Å². The molecule has 1 nitrogen and oxygen atoms in total. The van der Waals surface area contributed by atoms with E-state index in [9.17, 15) is 0 Å². The molecule has 13 heavy (non-hydrogen) atoms. The van der Waals surface area contributed by atoms with Crippen molar-refractivity contribution in [2.24, 2.45) is 0 Å². The molecule has 0 N–H and O–H groups in total. The molecule has 0 radical (unpaired) electrons. The minimum atomic E-state index is 1.09. The van der Waals surface area contributed by atoms with Crippen LogP contribution < -0.4 is 0 Å². The van der Waals surface area contributed by atoms with Gasteiger partial charge in [-0.05, 0) is 47.7 Å². The van der Waals surface area contributed by atoms with Crippen molar-refractivity contribution in [1.82, 2.24) is 4.37 Å². The lowest BCUT2D eigenvalue weighted by Crippen LogP contribution is -1.69. The number of aryl methyl sites for hydroxylation is 1. The van der Waals surface area contributed by atoms with E-state index >= 15 is 0 Å². The van der Waals surface area contributed by atoms with Crippen LogP contribution in [0.15, 0.2) is 11.5 Å². The maximum Gasteiger partial charge on any atom is 0.0776 e. The van der Waals surface area contributed by atoms with Crippen molar-refractivity contribution in [2.75, 3.05) is 5.75 Å². The standard InChI is InChI=1S/C10H15NS2/c1-3-6-12-7-5-9-8-10(4-2)13-11-9/h5,7-8H,3-4,6H2,1-2H3. The van der Waals surface area contributed by atoms with Gasteiger partial charge in [0.05, 0.1) is 5.69 Å². The van der Waals surface area contributed by atoms with E-state index in [0.29, 0.717) is 0 Å². The van der Waals surface area contributed by atoms with Gasteiger partial charge in [0.2, 0.25) is 0 Å². The van der Waals surface area contributed by atoms with Crippen LogP contribution in [-0.4, -0.2) is 10.1 Å². The van der Waals surface area contributed by atoms with Crippen molar-refractivity contribution in [3.63, 3.8) is 0 Å². The van der Waals surface area contributed by atoms with Gasteiger partial charge in [0.25, 0.3) is 0 Å². The monoisotopic (exact) mass is 213 g/mol. The Hall–Kier alpha value is -0.280. The van der Waals surface area contributed by atoms with Gasteiger partial charge in [-0.1, -0.05) is 13.8 Å². The molecule has 72 valence electrons. The smallest absolute Gasteiger partial charge is 0.0776 e. The molecule has 0 saturated carbocycles. The Morgan fingerprint density at radius 3 is 3.00 bits per heavy atom. The Labute approximate surface area is 88.4 Å². The summed E-state index contributed by atoms with van der Waals surface area (Å²) < 4.78 is 4.33. The maximum absolute atomic E-state index is 4.33. The van der Waals surface area contributed by atoms with Crippen LogP contribution in [0.4, 0.5) is 0 Å². The van der Waals surface area contributed by atoms with Crippen LogP contribution in [0.2, 0.25) is 0 Å². The molecule has 0 saturated heterocycles. The summed E-state index contributed by atoms with van der Waals surface area (Å²) >= 11 is 3.45. The normalized spacial score (nSPS) is 11.2. The number of nitrogens with zero attached hydrogens (tertiary/aromatic N) is 1. The fourth-order valence-corrected chi connectivity index (χ4v) is 2.12. The highest BCUT2D eigenvalue weighted by Gasteiger charge is 1.94. The molecule has 0 spiro atoms. The van der Waals surface area contributed by atoms with Gasteiger partial charge in [-0.2, -0.15) is 4.37 Å². The first-order chi connectivity index (χ1) is 6.36. The molecule has 1 rings (SSSR count). The lowest BCUT2D eigenvalue weighted by Gasteiger charge is -1.87. The van der Waals surface area contributed by atoms with Crippen LogP contribution in [-0.2, 0) is 6.42 Å². The fraction of sp³-hybridized carbons (Fsp3) is 0.500. The average molecular weight is 213 g/mol. The SMILES string of the molecule is CCCSC=Cc1cc(CC)sn1. The predicted octanol–water partition coefficient (Wildman–Crippen LogP) is 3.82. The van der Waals surface area contributed by atoms with Crippen molar-refractivity contribution in [1.29, 1.82) is 0 Å². The number of hydrogen-bond acceptors (Lipinski definition) is 3. The van der Waals surface area contributed by atoms with E-state index in [1.165, 1.54) is 17.1 Å². The first-order valence-corrected chi connectivity index (χ1v) is 6.42. The zero-order valence-corrected chi connectivity index (χ0v) is 9.75. The molecule has 3 heteroatoms. The second-order valence-corrected chi connectivity index (χ2v) is 4.65. The summed E-state index contributed by atoms with van der Waals surface area (Å²) in [6, 6.07) is 2.16. The van der Waals surface area contributed by atoms with E-state index in [2.05, 4.69) is 35.8 Å². The lowest BCUT2D eigenvalue weighted by atomic mass is 10.3. The summed E-state index contributed by atoms with van der Waals surface area (Å²) in [5, 5.41) is 2.14. The minimum absolute atomic E-state index is 1.09. The fourth-order valence-electron chi connectivity index (χ4n) is 0.878. The second-order valence-electron chi connectivity index (χ2n) is 2.75. The van der Waals surface area contributed by atoms with E-state index < -0.39 is 0 Å². The molecular weight excluding hydrogens is 198 g/mol. The van der Waals surface area contributed by atoms with Gasteiger partial charge < -0.3 is 0 Å². The summed E-state index contributed by atoms with van der Waals surface area (Å²) in [7, 11) is 0. The van der Waals surface area contributed by atoms with E-state index in [4.69, 9.17) is 0 Å². The van der Waals surface area contributed by atoms with E-state index in [1.807, 2.05) is 11.8 Å². The summed E-state index contributed by atoms with van der Waals surface area (Å²) in [5.41, 5.74) is 1.10. The third-order valence-corrected chi connectivity index (χ3v) is 3.50. The molecule has 0 bridgehead atoms. The molecule has 1 heterocycles. The molecule has 0 unspecified atom stereocenters. The quantitative estimate of drug-likeness (QED) is 0.690. The number of hydrogen-bond donors (Lipinski definition) is 0. The summed E-state index contributed by atoms with van der Waals surface area (Å²) in [6.07, 6.45) is 4.41. The Balaban J connectivity index is 2.39. The molecule has 0 aliphatic carbocycles. The highest BCUT2D eigenvalue weighted by Crippen LogP contribution is 2.13. The van der Waals surface area contributed by atoms with Crippen molar-refractivity contribution in [3.05, 3.63) is 22.0 Å². The van der Waals surface area contributed by atoms with Crippen LogP contribution in [0.25, 0.3) is 6.08 Å².